The first-order chi connectivity index (χ1) is 8.06. The van der Waals surface area contributed by atoms with E-state index in [9.17, 15) is 0 Å². The van der Waals surface area contributed by atoms with Gasteiger partial charge in [-0.3, -0.25) is 0 Å². The van der Waals surface area contributed by atoms with Gasteiger partial charge in [-0.25, -0.2) is 0 Å². The van der Waals surface area contributed by atoms with Gasteiger partial charge in [0.25, 0.3) is 0 Å². The molecule has 2 heterocycles. The van der Waals surface area contributed by atoms with Crippen LogP contribution in [0.25, 0.3) is 0 Å². The van der Waals surface area contributed by atoms with Crippen LogP contribution >= 0.6 is 0 Å². The monoisotopic (exact) mass is 240 g/mol. The molecular weight excluding hydrogens is 220 g/mol. The highest BCUT2D eigenvalue weighted by Crippen LogP contribution is 2.61. The quantitative estimate of drug-likeness (QED) is 0.698. The summed E-state index contributed by atoms with van der Waals surface area (Å²) in [6.45, 7) is 3.88. The van der Waals surface area contributed by atoms with Gasteiger partial charge >= 0.3 is 0 Å². The maximum atomic E-state index is 6.10. The number of rotatable bonds is 1. The number of hydrogen-bond donors (Lipinski definition) is 0. The third-order valence-electron chi connectivity index (χ3n) is 5.13. The predicted molar refractivity (Wildman–Crippen MR) is 59.3 cm³/mol. The smallest absolute Gasteiger partial charge is 0.190 e. The van der Waals surface area contributed by atoms with Crippen LogP contribution in [0, 0.1) is 11.8 Å². The Hall–Kier alpha value is -0.160. The molecule has 17 heavy (non-hydrogen) atoms. The molecular formula is C13H20O4. The summed E-state index contributed by atoms with van der Waals surface area (Å²) in [5.74, 6) is 0.886. The topological polar surface area (TPSA) is 36.9 Å². The normalized spacial score (nSPS) is 58.4. The summed E-state index contributed by atoms with van der Waals surface area (Å²) in [4.78, 5) is 0. The molecule has 2 saturated heterocycles. The lowest BCUT2D eigenvalue weighted by Crippen LogP contribution is -2.48. The molecule has 4 aliphatic rings. The van der Waals surface area contributed by atoms with Crippen molar-refractivity contribution in [3.8, 4) is 0 Å². The molecule has 0 aromatic rings. The summed E-state index contributed by atoms with van der Waals surface area (Å²) in [5, 5.41) is 0. The van der Waals surface area contributed by atoms with E-state index in [1.165, 1.54) is 12.8 Å². The van der Waals surface area contributed by atoms with Crippen LogP contribution in [0.1, 0.15) is 33.1 Å². The summed E-state index contributed by atoms with van der Waals surface area (Å²) >= 11 is 0. The van der Waals surface area contributed by atoms with E-state index in [4.69, 9.17) is 18.9 Å². The molecule has 0 bridgehead atoms. The summed E-state index contributed by atoms with van der Waals surface area (Å²) in [6.07, 6.45) is 3.53. The van der Waals surface area contributed by atoms with Crippen LogP contribution in [-0.4, -0.2) is 37.0 Å². The van der Waals surface area contributed by atoms with Crippen molar-refractivity contribution in [3.05, 3.63) is 0 Å². The molecule has 0 aromatic heterocycles. The van der Waals surface area contributed by atoms with Crippen molar-refractivity contribution in [1.82, 2.24) is 0 Å². The lowest BCUT2D eigenvalue weighted by Gasteiger charge is -2.34. The molecule has 96 valence electrons. The van der Waals surface area contributed by atoms with Gasteiger partial charge in [0.2, 0.25) is 0 Å². The summed E-state index contributed by atoms with van der Waals surface area (Å²) in [7, 11) is 1.79. The number of fused-ring (bicyclic) bond motifs is 5. The van der Waals surface area contributed by atoms with E-state index >= 15 is 0 Å². The van der Waals surface area contributed by atoms with E-state index in [1.54, 1.807) is 7.11 Å². The Labute approximate surface area is 102 Å². The minimum Gasteiger partial charge on any atom is -0.373 e. The fourth-order valence-corrected chi connectivity index (χ4v) is 4.25. The molecule has 0 spiro atoms. The van der Waals surface area contributed by atoms with E-state index in [1.807, 2.05) is 13.8 Å². The number of methoxy groups -OCH3 is 1. The Balaban J connectivity index is 1.69. The van der Waals surface area contributed by atoms with Crippen LogP contribution < -0.4 is 0 Å². The van der Waals surface area contributed by atoms with E-state index in [0.29, 0.717) is 5.92 Å². The fraction of sp³-hybridized carbons (Fsp3) is 1.00. The van der Waals surface area contributed by atoms with Crippen molar-refractivity contribution in [3.63, 3.8) is 0 Å². The van der Waals surface area contributed by atoms with Crippen LogP contribution in [0.2, 0.25) is 0 Å². The van der Waals surface area contributed by atoms with Gasteiger partial charge in [-0.05, 0) is 44.9 Å². The largest absolute Gasteiger partial charge is 0.373 e. The SMILES string of the molecule is CO[C@]12C[C@H]3CC[C@H]3[C@H]1O[C@@H]1OC(C)(C)O[C@@H]12. The second kappa shape index (κ2) is 3.05. The van der Waals surface area contributed by atoms with E-state index < -0.39 is 5.79 Å². The van der Waals surface area contributed by atoms with Crippen LogP contribution in [0.3, 0.4) is 0 Å². The Morgan fingerprint density at radius 2 is 1.94 bits per heavy atom. The van der Waals surface area contributed by atoms with Gasteiger partial charge in [-0.15, -0.1) is 0 Å². The van der Waals surface area contributed by atoms with Crippen LogP contribution in [-0.2, 0) is 18.9 Å². The molecule has 4 nitrogen and oxygen atoms in total. The fourth-order valence-electron chi connectivity index (χ4n) is 4.25. The molecule has 6 atom stereocenters. The molecule has 4 rings (SSSR count). The Morgan fingerprint density at radius 3 is 2.59 bits per heavy atom. The highest BCUT2D eigenvalue weighted by Gasteiger charge is 2.71. The average Bonchev–Trinajstić information content (AvgIpc) is 2.72. The van der Waals surface area contributed by atoms with Gasteiger partial charge in [0.05, 0.1) is 6.10 Å². The Morgan fingerprint density at radius 1 is 1.12 bits per heavy atom. The van der Waals surface area contributed by atoms with Crippen molar-refractivity contribution in [1.29, 1.82) is 0 Å². The van der Waals surface area contributed by atoms with Gasteiger partial charge in [0.15, 0.2) is 12.1 Å². The van der Waals surface area contributed by atoms with Gasteiger partial charge in [0, 0.05) is 7.11 Å². The molecule has 0 aromatic carbocycles. The molecule has 4 heteroatoms. The highest BCUT2D eigenvalue weighted by atomic mass is 16.8. The summed E-state index contributed by atoms with van der Waals surface area (Å²) in [5.41, 5.74) is -0.260. The molecule has 2 saturated carbocycles. The molecule has 0 N–H and O–H groups in total. The molecule has 0 unspecified atom stereocenters. The standard InChI is InChI=1S/C13H20O4/c1-12(2)16-10-11(17-12)15-9-8-5-4-7(8)6-13(9,10)14-3/h7-11H,4-6H2,1-3H3/t7-,8-,9-,10+,11-,13-/m1/s1. The van der Waals surface area contributed by atoms with Crippen LogP contribution in [0.4, 0.5) is 0 Å². The molecule has 0 amide bonds. The van der Waals surface area contributed by atoms with E-state index in [-0.39, 0.29) is 24.1 Å². The van der Waals surface area contributed by atoms with Crippen molar-refractivity contribution < 1.29 is 18.9 Å². The predicted octanol–water partition coefficient (Wildman–Crippen LogP) is 1.68. The number of hydrogen-bond acceptors (Lipinski definition) is 4. The summed E-state index contributed by atoms with van der Waals surface area (Å²) < 4.78 is 23.8. The number of ether oxygens (including phenoxy) is 4. The molecule has 2 aliphatic carbocycles. The second-order valence-corrected chi connectivity index (χ2v) is 6.35. The summed E-state index contributed by atoms with van der Waals surface area (Å²) in [6, 6.07) is 0. The van der Waals surface area contributed by atoms with Gasteiger partial charge in [0.1, 0.15) is 11.7 Å². The van der Waals surface area contributed by atoms with Crippen molar-refractivity contribution in [2.45, 2.75) is 63.0 Å². The maximum absolute atomic E-state index is 6.10. The minimum atomic E-state index is -0.548. The van der Waals surface area contributed by atoms with Crippen molar-refractivity contribution >= 4 is 0 Å². The third-order valence-corrected chi connectivity index (χ3v) is 5.13. The zero-order chi connectivity index (χ0) is 11.8. The van der Waals surface area contributed by atoms with Gasteiger partial charge < -0.3 is 18.9 Å². The lowest BCUT2D eigenvalue weighted by atomic mass is 9.75. The Bertz CT molecular complexity index is 355. The lowest BCUT2D eigenvalue weighted by molar-refractivity contribution is -0.233. The van der Waals surface area contributed by atoms with Crippen molar-refractivity contribution in [2.24, 2.45) is 11.8 Å². The zero-order valence-electron chi connectivity index (χ0n) is 10.6. The molecule has 0 radical (unpaired) electrons. The van der Waals surface area contributed by atoms with Gasteiger partial charge in [-0.2, -0.15) is 0 Å². The molecule has 2 aliphatic heterocycles. The first-order valence-electron chi connectivity index (χ1n) is 6.62. The van der Waals surface area contributed by atoms with E-state index in [2.05, 4.69) is 0 Å². The first-order valence-corrected chi connectivity index (χ1v) is 6.62. The third kappa shape index (κ3) is 1.17. The zero-order valence-corrected chi connectivity index (χ0v) is 10.6. The Kier molecular flexibility index (Phi) is 1.92. The second-order valence-electron chi connectivity index (χ2n) is 6.35. The molecule has 4 fully saturated rings. The van der Waals surface area contributed by atoms with Gasteiger partial charge in [-0.1, -0.05) is 0 Å². The highest BCUT2D eigenvalue weighted by molar-refractivity contribution is 5.17. The maximum Gasteiger partial charge on any atom is 0.190 e. The first kappa shape index (κ1) is 10.7. The van der Waals surface area contributed by atoms with E-state index in [0.717, 1.165) is 12.3 Å². The van der Waals surface area contributed by atoms with Crippen LogP contribution in [0.15, 0.2) is 0 Å². The van der Waals surface area contributed by atoms with Crippen molar-refractivity contribution in [2.75, 3.05) is 7.11 Å². The minimum absolute atomic E-state index is 0.0573. The van der Waals surface area contributed by atoms with Crippen LogP contribution in [0.5, 0.6) is 0 Å². The average molecular weight is 240 g/mol.